The summed E-state index contributed by atoms with van der Waals surface area (Å²) < 4.78 is 22.1. The van der Waals surface area contributed by atoms with Gasteiger partial charge in [0, 0.05) is 24.3 Å². The Hall–Kier alpha value is -1.37. The van der Waals surface area contributed by atoms with E-state index in [-0.39, 0.29) is 37.0 Å². The fraction of sp³-hybridized carbons (Fsp3) is 0.556. The number of nitrogens with one attached hydrogen (secondary N) is 1. The fourth-order valence-electron chi connectivity index (χ4n) is 1.39. The Morgan fingerprint density at radius 1 is 1.44 bits per heavy atom. The van der Waals surface area contributed by atoms with E-state index in [1.165, 1.54) is 6.08 Å². The first kappa shape index (κ1) is 12.7. The lowest BCUT2D eigenvalue weighted by Gasteiger charge is -2.06. The predicted octanol–water partition coefficient (Wildman–Crippen LogP) is -0.474. The van der Waals surface area contributed by atoms with Crippen molar-refractivity contribution in [3.63, 3.8) is 0 Å². The van der Waals surface area contributed by atoms with Crippen molar-refractivity contribution >= 4 is 21.7 Å². The zero-order chi connectivity index (χ0) is 12.2. The number of hydrogen-bond donors (Lipinski definition) is 2. The van der Waals surface area contributed by atoms with E-state index >= 15 is 0 Å². The molecule has 1 rings (SSSR count). The summed E-state index contributed by atoms with van der Waals surface area (Å²) >= 11 is 0. The number of carbonyl (C=O) groups excluding carboxylic acids is 1. The van der Waals surface area contributed by atoms with E-state index in [9.17, 15) is 18.0 Å². The van der Waals surface area contributed by atoms with Gasteiger partial charge in [-0.15, -0.1) is 0 Å². The lowest BCUT2D eigenvalue weighted by atomic mass is 10.1. The lowest BCUT2D eigenvalue weighted by Crippen LogP contribution is -2.28. The highest BCUT2D eigenvalue weighted by Gasteiger charge is 2.23. The van der Waals surface area contributed by atoms with E-state index < -0.39 is 15.8 Å². The van der Waals surface area contributed by atoms with E-state index in [1.54, 1.807) is 0 Å². The van der Waals surface area contributed by atoms with Crippen molar-refractivity contribution in [1.82, 2.24) is 5.32 Å². The third-order valence-electron chi connectivity index (χ3n) is 2.11. The van der Waals surface area contributed by atoms with Gasteiger partial charge in [0.05, 0.1) is 12.2 Å². The maximum absolute atomic E-state index is 11.3. The Bertz CT molecular complexity index is 412. The topological polar surface area (TPSA) is 101 Å². The molecule has 0 bridgehead atoms. The quantitative estimate of drug-likeness (QED) is 0.683. The summed E-state index contributed by atoms with van der Waals surface area (Å²) in [6.45, 7) is 0.0668. The summed E-state index contributed by atoms with van der Waals surface area (Å²) in [5.41, 5.74) is 0. The van der Waals surface area contributed by atoms with Gasteiger partial charge in [0.2, 0.25) is 5.91 Å². The number of sulfone groups is 1. The van der Waals surface area contributed by atoms with Crippen molar-refractivity contribution in [1.29, 1.82) is 0 Å². The number of hydrogen-bond acceptors (Lipinski definition) is 4. The van der Waals surface area contributed by atoms with E-state index in [4.69, 9.17) is 5.11 Å². The van der Waals surface area contributed by atoms with Crippen LogP contribution in [0.5, 0.6) is 0 Å². The molecular formula is C9H13NO5S. The number of rotatable bonds is 5. The van der Waals surface area contributed by atoms with Gasteiger partial charge in [-0.25, -0.2) is 8.42 Å². The molecule has 0 aromatic carbocycles. The number of amides is 1. The number of allylic oxidation sites excluding steroid dienone is 1. The first-order valence-electron chi connectivity index (χ1n) is 4.78. The molecule has 1 heterocycles. The number of carboxylic acids is 1. The largest absolute Gasteiger partial charge is 0.481 e. The Labute approximate surface area is 93.3 Å². The van der Waals surface area contributed by atoms with Crippen LogP contribution in [0.1, 0.15) is 12.8 Å². The molecule has 1 aliphatic heterocycles. The third-order valence-corrected chi connectivity index (χ3v) is 3.58. The van der Waals surface area contributed by atoms with Crippen LogP contribution in [0.2, 0.25) is 0 Å². The maximum atomic E-state index is 11.3. The van der Waals surface area contributed by atoms with Gasteiger partial charge in [-0.2, -0.15) is 0 Å². The van der Waals surface area contributed by atoms with Crippen molar-refractivity contribution in [3.8, 4) is 0 Å². The van der Waals surface area contributed by atoms with Crippen molar-refractivity contribution < 1.29 is 23.1 Å². The van der Waals surface area contributed by atoms with Crippen LogP contribution in [0.3, 0.4) is 0 Å². The van der Waals surface area contributed by atoms with Crippen LogP contribution in [-0.2, 0) is 19.4 Å². The average Bonchev–Trinajstić information content (AvgIpc) is 2.44. The summed E-state index contributed by atoms with van der Waals surface area (Å²) in [4.78, 5) is 21.4. The monoisotopic (exact) mass is 247 g/mol. The van der Waals surface area contributed by atoms with E-state index in [0.717, 1.165) is 5.41 Å². The van der Waals surface area contributed by atoms with Crippen molar-refractivity contribution in [2.24, 2.45) is 5.92 Å². The summed E-state index contributed by atoms with van der Waals surface area (Å²) in [5, 5.41) is 11.9. The second-order valence-corrected chi connectivity index (χ2v) is 5.55. The Balaban J connectivity index is 2.26. The zero-order valence-corrected chi connectivity index (χ0v) is 9.37. The van der Waals surface area contributed by atoms with Crippen LogP contribution in [0, 0.1) is 5.92 Å². The summed E-state index contributed by atoms with van der Waals surface area (Å²) in [5.74, 6) is -1.65. The molecule has 7 heteroatoms. The van der Waals surface area contributed by atoms with Crippen molar-refractivity contribution in [2.75, 3.05) is 12.3 Å². The SMILES string of the molecule is O=C(O)CCNC(=O)CC1C=CS(=O)(=O)C1. The predicted molar refractivity (Wildman–Crippen MR) is 56.3 cm³/mol. The molecule has 1 aliphatic rings. The molecule has 1 atom stereocenters. The van der Waals surface area contributed by atoms with Crippen molar-refractivity contribution in [3.05, 3.63) is 11.5 Å². The van der Waals surface area contributed by atoms with Crippen LogP contribution in [0.4, 0.5) is 0 Å². The van der Waals surface area contributed by atoms with Crippen LogP contribution in [0.25, 0.3) is 0 Å². The summed E-state index contributed by atoms with van der Waals surface area (Å²) in [6.07, 6.45) is 1.44. The van der Waals surface area contributed by atoms with Gasteiger partial charge in [-0.1, -0.05) is 6.08 Å². The molecule has 0 fully saturated rings. The zero-order valence-electron chi connectivity index (χ0n) is 8.55. The molecule has 2 N–H and O–H groups in total. The average molecular weight is 247 g/mol. The fourth-order valence-corrected chi connectivity index (χ4v) is 2.78. The number of aliphatic carboxylic acids is 1. The molecule has 0 saturated heterocycles. The molecule has 16 heavy (non-hydrogen) atoms. The molecular weight excluding hydrogens is 234 g/mol. The van der Waals surface area contributed by atoms with Crippen LogP contribution in [-0.4, -0.2) is 37.7 Å². The molecule has 0 radical (unpaired) electrons. The molecule has 0 aliphatic carbocycles. The van der Waals surface area contributed by atoms with Crippen LogP contribution < -0.4 is 5.32 Å². The minimum absolute atomic E-state index is 0.0423. The minimum Gasteiger partial charge on any atom is -0.481 e. The van der Waals surface area contributed by atoms with Gasteiger partial charge < -0.3 is 10.4 Å². The third kappa shape index (κ3) is 4.43. The molecule has 1 unspecified atom stereocenters. The van der Waals surface area contributed by atoms with Crippen LogP contribution >= 0.6 is 0 Å². The van der Waals surface area contributed by atoms with Gasteiger partial charge in [0.25, 0.3) is 0 Å². The first-order chi connectivity index (χ1) is 7.39. The molecule has 0 aromatic heterocycles. The highest BCUT2D eigenvalue weighted by molar-refractivity contribution is 7.94. The Kier molecular flexibility index (Phi) is 4.05. The Morgan fingerprint density at radius 2 is 2.12 bits per heavy atom. The van der Waals surface area contributed by atoms with Crippen LogP contribution in [0.15, 0.2) is 11.5 Å². The van der Waals surface area contributed by atoms with E-state index in [2.05, 4.69) is 5.32 Å². The highest BCUT2D eigenvalue weighted by atomic mass is 32.2. The molecule has 6 nitrogen and oxygen atoms in total. The molecule has 90 valence electrons. The van der Waals surface area contributed by atoms with Gasteiger partial charge >= 0.3 is 5.97 Å². The lowest BCUT2D eigenvalue weighted by molar-refractivity contribution is -0.136. The second-order valence-electron chi connectivity index (χ2n) is 3.62. The second kappa shape index (κ2) is 5.11. The minimum atomic E-state index is -3.13. The highest BCUT2D eigenvalue weighted by Crippen LogP contribution is 2.17. The number of carbonyl (C=O) groups is 2. The molecule has 1 amide bonds. The normalized spacial score (nSPS) is 21.9. The van der Waals surface area contributed by atoms with Gasteiger partial charge in [-0.3, -0.25) is 9.59 Å². The molecule has 0 saturated carbocycles. The standard InChI is InChI=1S/C9H13NO5S/c11-8(10-3-1-9(12)13)5-7-2-4-16(14,15)6-7/h2,4,7H,1,3,5-6H2,(H,10,11)(H,12,13). The Morgan fingerprint density at radius 3 is 2.62 bits per heavy atom. The maximum Gasteiger partial charge on any atom is 0.305 e. The number of carboxylic acid groups (broad SMARTS) is 1. The van der Waals surface area contributed by atoms with Gasteiger partial charge in [0.15, 0.2) is 9.84 Å². The summed E-state index contributed by atoms with van der Waals surface area (Å²) in [6, 6.07) is 0. The van der Waals surface area contributed by atoms with E-state index in [1.807, 2.05) is 0 Å². The molecule has 0 aromatic rings. The smallest absolute Gasteiger partial charge is 0.305 e. The molecule has 0 spiro atoms. The van der Waals surface area contributed by atoms with Crippen molar-refractivity contribution in [2.45, 2.75) is 12.8 Å². The van der Waals surface area contributed by atoms with Gasteiger partial charge in [-0.05, 0) is 0 Å². The summed E-state index contributed by atoms with van der Waals surface area (Å²) in [7, 11) is -3.13. The van der Waals surface area contributed by atoms with Gasteiger partial charge in [0.1, 0.15) is 0 Å². The first-order valence-corrected chi connectivity index (χ1v) is 6.50. The van der Waals surface area contributed by atoms with E-state index in [0.29, 0.717) is 0 Å².